The second kappa shape index (κ2) is 10.3. The first-order valence-electron chi connectivity index (χ1n) is 9.52. The number of aromatic nitrogens is 1. The van der Waals surface area contributed by atoms with Gasteiger partial charge in [-0.3, -0.25) is 9.79 Å². The number of nitrogens with zero attached hydrogens (tertiary/aromatic N) is 3. The van der Waals surface area contributed by atoms with Crippen LogP contribution in [0.1, 0.15) is 36.3 Å². The fraction of sp³-hybridized carbons (Fsp3) is 0.476. The predicted octanol–water partition coefficient (Wildman–Crippen LogP) is 3.91. The molecule has 6 nitrogen and oxygen atoms in total. The van der Waals surface area contributed by atoms with E-state index in [-0.39, 0.29) is 11.7 Å². The third-order valence-electron chi connectivity index (χ3n) is 4.69. The molecule has 1 aromatic rings. The van der Waals surface area contributed by atoms with Crippen molar-refractivity contribution in [1.82, 2.24) is 4.98 Å². The number of carbonyl (C=O) groups is 1. The van der Waals surface area contributed by atoms with Gasteiger partial charge in [0.2, 0.25) is 0 Å². The molecule has 0 aliphatic carbocycles. The van der Waals surface area contributed by atoms with E-state index in [1.165, 1.54) is 0 Å². The van der Waals surface area contributed by atoms with Gasteiger partial charge >= 0.3 is 0 Å². The summed E-state index contributed by atoms with van der Waals surface area (Å²) < 4.78 is 12.8. The Hall–Kier alpha value is -1.58. The molecule has 150 valence electrons. The van der Waals surface area contributed by atoms with Gasteiger partial charge in [-0.1, -0.05) is 28.2 Å². The summed E-state index contributed by atoms with van der Waals surface area (Å²) in [5, 5.41) is 0. The Morgan fingerprint density at radius 1 is 1.25 bits per heavy atom. The third kappa shape index (κ3) is 5.48. The molecule has 28 heavy (non-hydrogen) atoms. The Bertz CT molecular complexity index is 788. The maximum atomic E-state index is 13.0. The Morgan fingerprint density at radius 2 is 2.04 bits per heavy atom. The number of pyridine rings is 1. The van der Waals surface area contributed by atoms with Gasteiger partial charge in [-0.15, -0.1) is 0 Å². The van der Waals surface area contributed by atoms with Gasteiger partial charge in [-0.2, -0.15) is 0 Å². The third-order valence-corrected chi connectivity index (χ3v) is 5.36. The van der Waals surface area contributed by atoms with Gasteiger partial charge in [0.1, 0.15) is 5.82 Å². The van der Waals surface area contributed by atoms with Crippen LogP contribution in [0.5, 0.6) is 0 Å². The van der Waals surface area contributed by atoms with Crippen molar-refractivity contribution in [2.24, 2.45) is 10.9 Å². The second-order valence-corrected chi connectivity index (χ2v) is 7.80. The number of carbonyl (C=O) groups excluding carboxylic acids is 1. The summed E-state index contributed by atoms with van der Waals surface area (Å²) in [7, 11) is 0. The van der Waals surface area contributed by atoms with Gasteiger partial charge in [0, 0.05) is 49.2 Å². The van der Waals surface area contributed by atoms with E-state index in [0.29, 0.717) is 32.0 Å². The second-order valence-electron chi connectivity index (χ2n) is 7.17. The Labute approximate surface area is 179 Å². The van der Waals surface area contributed by atoms with Crippen molar-refractivity contribution in [1.29, 1.82) is 0 Å². The van der Waals surface area contributed by atoms with Crippen molar-refractivity contribution in [3.05, 3.63) is 39.2 Å². The maximum absolute atomic E-state index is 13.0. The molecule has 0 N–H and O–H groups in total. The largest absolute Gasteiger partial charge is 0.381 e. The molecule has 0 saturated carbocycles. The van der Waals surface area contributed by atoms with Crippen LogP contribution in [0.3, 0.4) is 0 Å². The van der Waals surface area contributed by atoms with Gasteiger partial charge in [-0.25, -0.2) is 4.98 Å². The van der Waals surface area contributed by atoms with Crippen molar-refractivity contribution in [2.45, 2.75) is 20.3 Å². The molecule has 1 aromatic heterocycles. The smallest absolute Gasteiger partial charge is 0.168 e. The number of anilines is 1. The van der Waals surface area contributed by atoms with Crippen LogP contribution in [0, 0.1) is 5.92 Å². The highest BCUT2D eigenvalue weighted by Crippen LogP contribution is 2.25. The van der Waals surface area contributed by atoms with Crippen LogP contribution in [0.4, 0.5) is 5.82 Å². The number of rotatable bonds is 6. The van der Waals surface area contributed by atoms with E-state index in [1.54, 1.807) is 6.21 Å². The zero-order valence-electron chi connectivity index (χ0n) is 16.4. The summed E-state index contributed by atoms with van der Waals surface area (Å²) in [5.74, 6) is 0.873. The standard InChI is InChI=1S/C21H26IN3O3/c1-15(2)12-23-13-18(11-22)19-9-17(21(26)16-3-6-28-14-16)10-20(24-19)25-4-7-27-8-5-25/h9-13,16H,3-8,14H2,1-2H3/b18-11+,23-13?. The zero-order valence-corrected chi connectivity index (χ0v) is 18.5. The van der Waals surface area contributed by atoms with Crippen LogP contribution >= 0.6 is 22.6 Å². The summed E-state index contributed by atoms with van der Waals surface area (Å²) in [5.41, 5.74) is 3.45. The summed E-state index contributed by atoms with van der Waals surface area (Å²) in [6.07, 6.45) is 4.38. The topological polar surface area (TPSA) is 64.0 Å². The number of aliphatic imine (C=N–C) groups is 1. The van der Waals surface area contributed by atoms with Gasteiger partial charge in [-0.05, 0) is 36.5 Å². The first-order valence-corrected chi connectivity index (χ1v) is 10.8. The lowest BCUT2D eigenvalue weighted by Gasteiger charge is -2.28. The summed E-state index contributed by atoms with van der Waals surface area (Å²) >= 11 is 2.19. The van der Waals surface area contributed by atoms with Crippen molar-refractivity contribution in [3.63, 3.8) is 0 Å². The Morgan fingerprint density at radius 3 is 2.68 bits per heavy atom. The van der Waals surface area contributed by atoms with Crippen LogP contribution < -0.4 is 4.90 Å². The molecule has 0 spiro atoms. The van der Waals surface area contributed by atoms with Crippen molar-refractivity contribution in [2.75, 3.05) is 44.4 Å². The van der Waals surface area contributed by atoms with Gasteiger partial charge in [0.15, 0.2) is 5.78 Å². The monoisotopic (exact) mass is 495 g/mol. The first-order chi connectivity index (χ1) is 13.6. The summed E-state index contributed by atoms with van der Waals surface area (Å²) in [4.78, 5) is 24.4. The number of ketones is 1. The number of hydrogen-bond donors (Lipinski definition) is 0. The molecule has 7 heteroatoms. The van der Waals surface area contributed by atoms with E-state index in [0.717, 1.165) is 42.2 Å². The van der Waals surface area contributed by atoms with E-state index in [1.807, 2.05) is 36.3 Å². The molecule has 2 fully saturated rings. The molecule has 1 atom stereocenters. The SMILES string of the molecule is CC(C)=CN=C/C(=C\I)c1cc(C(=O)C2CCOC2)cc(N2CCOCC2)n1. The Kier molecular flexibility index (Phi) is 7.75. The number of ether oxygens (including phenoxy) is 2. The van der Waals surface area contributed by atoms with Crippen LogP contribution in [0.25, 0.3) is 5.57 Å². The van der Waals surface area contributed by atoms with E-state index in [4.69, 9.17) is 14.5 Å². The highest BCUT2D eigenvalue weighted by Gasteiger charge is 2.26. The first kappa shape index (κ1) is 21.1. The number of halogens is 1. The highest BCUT2D eigenvalue weighted by atomic mass is 127. The lowest BCUT2D eigenvalue weighted by Crippen LogP contribution is -2.37. The predicted molar refractivity (Wildman–Crippen MR) is 120 cm³/mol. The van der Waals surface area contributed by atoms with E-state index in [2.05, 4.69) is 32.5 Å². The van der Waals surface area contributed by atoms with Crippen molar-refractivity contribution in [3.8, 4) is 0 Å². The molecule has 0 bridgehead atoms. The lowest BCUT2D eigenvalue weighted by atomic mass is 9.96. The number of allylic oxidation sites excluding steroid dienone is 2. The summed E-state index contributed by atoms with van der Waals surface area (Å²) in [6, 6.07) is 3.79. The fourth-order valence-electron chi connectivity index (χ4n) is 3.15. The van der Waals surface area contributed by atoms with E-state index in [9.17, 15) is 4.79 Å². The van der Waals surface area contributed by atoms with E-state index < -0.39 is 0 Å². The van der Waals surface area contributed by atoms with Crippen LogP contribution in [0.15, 0.2) is 33.0 Å². The minimum Gasteiger partial charge on any atom is -0.381 e. The molecule has 3 heterocycles. The van der Waals surface area contributed by atoms with Gasteiger partial charge < -0.3 is 14.4 Å². The molecular weight excluding hydrogens is 469 g/mol. The molecule has 3 rings (SSSR count). The number of Topliss-reactive ketones (excluding diaryl/α,β-unsaturated/α-hetero) is 1. The van der Waals surface area contributed by atoms with Crippen molar-refractivity contribution < 1.29 is 14.3 Å². The summed E-state index contributed by atoms with van der Waals surface area (Å²) in [6.45, 7) is 8.03. The maximum Gasteiger partial charge on any atom is 0.168 e. The highest BCUT2D eigenvalue weighted by molar-refractivity contribution is 14.1. The molecular formula is C21H26IN3O3. The fourth-order valence-corrected chi connectivity index (χ4v) is 3.63. The van der Waals surface area contributed by atoms with Crippen LogP contribution in [-0.4, -0.2) is 56.5 Å². The number of morpholine rings is 1. The quantitative estimate of drug-likeness (QED) is 0.340. The molecule has 1 unspecified atom stereocenters. The normalized spacial score (nSPS) is 20.6. The minimum atomic E-state index is -0.0702. The Balaban J connectivity index is 1.97. The molecule has 2 saturated heterocycles. The lowest BCUT2D eigenvalue weighted by molar-refractivity contribution is 0.0900. The zero-order chi connectivity index (χ0) is 19.9. The van der Waals surface area contributed by atoms with Gasteiger partial charge in [0.25, 0.3) is 0 Å². The molecule has 2 aliphatic heterocycles. The molecule has 2 aliphatic rings. The van der Waals surface area contributed by atoms with Gasteiger partial charge in [0.05, 0.1) is 25.5 Å². The average molecular weight is 495 g/mol. The molecule has 0 aromatic carbocycles. The molecule has 0 radical (unpaired) electrons. The minimum absolute atomic E-state index is 0.0702. The van der Waals surface area contributed by atoms with Crippen LogP contribution in [0.2, 0.25) is 0 Å². The van der Waals surface area contributed by atoms with E-state index >= 15 is 0 Å². The van der Waals surface area contributed by atoms with Crippen molar-refractivity contribution >= 4 is 46.0 Å². The molecule has 0 amide bonds. The van der Waals surface area contributed by atoms with Crippen LogP contribution in [-0.2, 0) is 9.47 Å². The average Bonchev–Trinajstić information content (AvgIpc) is 3.25. The number of hydrogen-bond acceptors (Lipinski definition) is 6.